The van der Waals surface area contributed by atoms with Gasteiger partial charge in [-0.2, -0.15) is 0 Å². The maximum Gasteiger partial charge on any atom is 0.319 e. The van der Waals surface area contributed by atoms with Gasteiger partial charge in [-0.1, -0.05) is 36.4 Å². The highest BCUT2D eigenvalue weighted by atomic mass is 32.2. The first-order valence-electron chi connectivity index (χ1n) is 9.24. The summed E-state index contributed by atoms with van der Waals surface area (Å²) in [4.78, 5) is 12.8. The lowest BCUT2D eigenvalue weighted by Gasteiger charge is -2.16. The molecule has 0 saturated heterocycles. The van der Waals surface area contributed by atoms with Crippen LogP contribution in [0.25, 0.3) is 10.8 Å². The summed E-state index contributed by atoms with van der Waals surface area (Å²) < 4.78 is 23.1. The molecular formula is C22H22N2O3S. The number of hydrogen-bond donors (Lipinski definition) is 2. The summed E-state index contributed by atoms with van der Waals surface area (Å²) in [5.41, 5.74) is 4.29. The van der Waals surface area contributed by atoms with Gasteiger partial charge in [0.2, 0.25) is 0 Å². The fourth-order valence-corrected chi connectivity index (χ4v) is 4.43. The second-order valence-corrected chi connectivity index (χ2v) is 9.29. The lowest BCUT2D eigenvalue weighted by Crippen LogP contribution is -2.31. The van der Waals surface area contributed by atoms with E-state index in [1.54, 1.807) is 24.3 Å². The van der Waals surface area contributed by atoms with Crippen molar-refractivity contribution in [3.63, 3.8) is 0 Å². The van der Waals surface area contributed by atoms with Crippen LogP contribution >= 0.6 is 0 Å². The lowest BCUT2D eigenvalue weighted by atomic mass is 10.0. The Hall–Kier alpha value is -2.86. The molecule has 1 aliphatic rings. The molecule has 28 heavy (non-hydrogen) atoms. The van der Waals surface area contributed by atoms with Crippen LogP contribution in [-0.2, 0) is 22.7 Å². The van der Waals surface area contributed by atoms with Crippen LogP contribution in [0.2, 0.25) is 0 Å². The van der Waals surface area contributed by atoms with Gasteiger partial charge in [0.15, 0.2) is 9.84 Å². The average molecular weight is 394 g/mol. The van der Waals surface area contributed by atoms with E-state index in [1.807, 2.05) is 25.1 Å². The van der Waals surface area contributed by atoms with Gasteiger partial charge >= 0.3 is 6.03 Å². The average Bonchev–Trinajstić information content (AvgIpc) is 3.08. The number of aryl methyl sites for hydroxylation is 2. The van der Waals surface area contributed by atoms with Crippen LogP contribution in [0.5, 0.6) is 0 Å². The van der Waals surface area contributed by atoms with E-state index in [2.05, 4.69) is 22.8 Å². The number of anilines is 1. The molecule has 0 heterocycles. The summed E-state index contributed by atoms with van der Waals surface area (Å²) in [6, 6.07) is 16.3. The number of sulfone groups is 1. The van der Waals surface area contributed by atoms with Crippen molar-refractivity contribution < 1.29 is 13.2 Å². The summed E-state index contributed by atoms with van der Waals surface area (Å²) in [5.74, 6) is 0. The number of carbonyl (C=O) groups is 1. The van der Waals surface area contributed by atoms with E-state index in [4.69, 9.17) is 0 Å². The van der Waals surface area contributed by atoms with Crippen molar-refractivity contribution in [3.05, 3.63) is 71.3 Å². The first-order valence-corrected chi connectivity index (χ1v) is 11.1. The summed E-state index contributed by atoms with van der Waals surface area (Å²) >= 11 is 0. The molecule has 0 saturated carbocycles. The van der Waals surface area contributed by atoms with Crippen molar-refractivity contribution >= 4 is 32.3 Å². The predicted molar refractivity (Wildman–Crippen MR) is 111 cm³/mol. The van der Waals surface area contributed by atoms with E-state index < -0.39 is 9.84 Å². The quantitative estimate of drug-likeness (QED) is 0.695. The molecule has 0 spiro atoms. The highest BCUT2D eigenvalue weighted by Crippen LogP contribution is 2.35. The van der Waals surface area contributed by atoms with E-state index in [0.29, 0.717) is 0 Å². The van der Waals surface area contributed by atoms with Crippen molar-refractivity contribution in [2.24, 2.45) is 0 Å². The summed E-state index contributed by atoms with van der Waals surface area (Å²) in [6.07, 6.45) is 3.26. The number of urea groups is 1. The van der Waals surface area contributed by atoms with E-state index in [9.17, 15) is 13.2 Å². The number of hydrogen-bond acceptors (Lipinski definition) is 3. The van der Waals surface area contributed by atoms with Crippen molar-refractivity contribution in [2.45, 2.75) is 30.7 Å². The van der Waals surface area contributed by atoms with Gasteiger partial charge in [0.25, 0.3) is 0 Å². The fourth-order valence-electron chi connectivity index (χ4n) is 3.80. The number of benzene rings is 3. The molecule has 0 unspecified atom stereocenters. The van der Waals surface area contributed by atoms with Gasteiger partial charge in [0, 0.05) is 11.6 Å². The van der Waals surface area contributed by atoms with Gasteiger partial charge in [-0.25, -0.2) is 13.2 Å². The lowest BCUT2D eigenvalue weighted by molar-refractivity contribution is 0.249. The topological polar surface area (TPSA) is 75.3 Å². The normalized spacial score (nSPS) is 14.1. The molecule has 4 rings (SSSR count). The summed E-state index contributed by atoms with van der Waals surface area (Å²) in [6.45, 7) is 1.86. The zero-order chi connectivity index (χ0) is 19.9. The Morgan fingerprint density at radius 2 is 1.64 bits per heavy atom. The van der Waals surface area contributed by atoms with Crippen LogP contribution in [-0.4, -0.2) is 20.7 Å². The number of nitrogens with one attached hydrogen (secondary N) is 2. The van der Waals surface area contributed by atoms with Crippen LogP contribution in [0.3, 0.4) is 0 Å². The zero-order valence-electron chi connectivity index (χ0n) is 15.8. The predicted octanol–water partition coefficient (Wildman–Crippen LogP) is 4.22. The Kier molecular flexibility index (Phi) is 4.59. The van der Waals surface area contributed by atoms with Crippen LogP contribution < -0.4 is 10.6 Å². The Morgan fingerprint density at radius 1 is 0.964 bits per heavy atom. The van der Waals surface area contributed by atoms with Crippen LogP contribution in [0.1, 0.15) is 29.7 Å². The van der Waals surface area contributed by atoms with Gasteiger partial charge in [0.05, 0.1) is 16.6 Å². The van der Waals surface area contributed by atoms with Gasteiger partial charge in [-0.15, -0.1) is 0 Å². The van der Waals surface area contributed by atoms with Crippen molar-refractivity contribution in [3.8, 4) is 0 Å². The van der Waals surface area contributed by atoms with E-state index in [1.165, 1.54) is 22.8 Å². The molecule has 2 amide bonds. The van der Waals surface area contributed by atoms with Gasteiger partial charge in [-0.05, 0) is 60.0 Å². The second kappa shape index (κ2) is 6.95. The Morgan fingerprint density at radius 3 is 2.32 bits per heavy atom. The Labute approximate surface area is 164 Å². The standard InChI is InChI=1S/C22H22N2O3S/c1-14(15-8-11-18(12-9-15)28(2,26)27)23-22(25)24-20-13-10-17-7-6-16-4-3-5-19(20)21(16)17/h3-5,8-14H,6-7H2,1-2H3,(H2,23,24,25)/t14-/m1/s1. The largest absolute Gasteiger partial charge is 0.331 e. The maximum absolute atomic E-state index is 12.5. The zero-order valence-corrected chi connectivity index (χ0v) is 16.6. The van der Waals surface area contributed by atoms with E-state index >= 15 is 0 Å². The van der Waals surface area contributed by atoms with Crippen molar-refractivity contribution in [1.82, 2.24) is 5.32 Å². The molecule has 144 valence electrons. The molecule has 0 bridgehead atoms. The van der Waals surface area contributed by atoms with Crippen molar-refractivity contribution in [1.29, 1.82) is 0 Å². The first-order chi connectivity index (χ1) is 13.3. The SMILES string of the molecule is C[C@@H](NC(=O)Nc1ccc2c3c(cccc13)CC2)c1ccc(S(C)(=O)=O)cc1. The second-order valence-electron chi connectivity index (χ2n) is 7.27. The number of rotatable bonds is 4. The summed E-state index contributed by atoms with van der Waals surface area (Å²) in [5, 5.41) is 8.19. The minimum atomic E-state index is -3.23. The highest BCUT2D eigenvalue weighted by molar-refractivity contribution is 7.90. The fraction of sp³-hybridized carbons (Fsp3) is 0.227. The van der Waals surface area contributed by atoms with E-state index in [-0.39, 0.29) is 17.0 Å². The third kappa shape index (κ3) is 3.47. The van der Waals surface area contributed by atoms with Crippen LogP contribution in [0.15, 0.2) is 59.5 Å². The monoisotopic (exact) mass is 394 g/mol. The summed E-state index contributed by atoms with van der Waals surface area (Å²) in [7, 11) is -3.23. The molecule has 0 radical (unpaired) electrons. The third-order valence-corrected chi connectivity index (χ3v) is 6.41. The molecule has 0 fully saturated rings. The maximum atomic E-state index is 12.5. The highest BCUT2D eigenvalue weighted by Gasteiger charge is 2.17. The molecule has 0 aliphatic heterocycles. The number of amides is 2. The molecule has 5 nitrogen and oxygen atoms in total. The molecule has 6 heteroatoms. The van der Waals surface area contributed by atoms with Crippen LogP contribution in [0.4, 0.5) is 10.5 Å². The third-order valence-electron chi connectivity index (χ3n) is 5.28. The molecule has 3 aromatic rings. The van der Waals surface area contributed by atoms with Gasteiger partial charge in [-0.3, -0.25) is 0 Å². The first kappa shape index (κ1) is 18.5. The van der Waals surface area contributed by atoms with Gasteiger partial charge in [0.1, 0.15) is 0 Å². The minimum absolute atomic E-state index is 0.259. The molecule has 3 aromatic carbocycles. The van der Waals surface area contributed by atoms with Gasteiger partial charge < -0.3 is 10.6 Å². The smallest absolute Gasteiger partial charge is 0.319 e. The molecule has 2 N–H and O–H groups in total. The van der Waals surface area contributed by atoms with Crippen molar-refractivity contribution in [2.75, 3.05) is 11.6 Å². The molecule has 1 aliphatic carbocycles. The Bertz CT molecular complexity index is 1160. The molecule has 1 atom stereocenters. The Balaban J connectivity index is 1.50. The molecule has 0 aromatic heterocycles. The minimum Gasteiger partial charge on any atom is -0.331 e. The number of carbonyl (C=O) groups excluding carboxylic acids is 1. The van der Waals surface area contributed by atoms with E-state index in [0.717, 1.165) is 29.5 Å². The van der Waals surface area contributed by atoms with Crippen LogP contribution in [0, 0.1) is 0 Å². The molecular weight excluding hydrogens is 372 g/mol.